The molecule has 30 heavy (non-hydrogen) atoms. The molecule has 0 aliphatic rings. The molecule has 2 aromatic carbocycles. The maximum atomic E-state index is 12.5. The third-order valence-electron chi connectivity index (χ3n) is 4.63. The SMILES string of the molecule is COc1ccc([C@@H](C)NC(=O)Cc2cnc(-c3ccc(Cl)cc3)[nH]c2=O)cc1OC. The number of hydrogen-bond acceptors (Lipinski definition) is 5. The van der Waals surface area contributed by atoms with Crippen LogP contribution in [0.3, 0.4) is 0 Å². The van der Waals surface area contributed by atoms with Gasteiger partial charge in [-0.15, -0.1) is 0 Å². The Labute approximate surface area is 179 Å². The van der Waals surface area contributed by atoms with Crippen LogP contribution in [0.25, 0.3) is 11.4 Å². The number of hydrogen-bond donors (Lipinski definition) is 2. The van der Waals surface area contributed by atoms with Gasteiger partial charge in [0.2, 0.25) is 5.91 Å². The summed E-state index contributed by atoms with van der Waals surface area (Å²) >= 11 is 5.88. The number of benzene rings is 2. The number of halogens is 1. The fourth-order valence-corrected chi connectivity index (χ4v) is 3.10. The van der Waals surface area contributed by atoms with E-state index in [-0.39, 0.29) is 29.5 Å². The summed E-state index contributed by atoms with van der Waals surface area (Å²) in [5, 5.41) is 3.48. The van der Waals surface area contributed by atoms with E-state index >= 15 is 0 Å². The summed E-state index contributed by atoms with van der Waals surface area (Å²) in [4.78, 5) is 31.8. The Hall–Kier alpha value is -3.32. The standard InChI is InChI=1S/C22H22ClN3O4/c1-13(15-6-9-18(29-2)19(10-15)30-3)25-20(27)11-16-12-24-21(26-22(16)28)14-4-7-17(23)8-5-14/h4-10,12-13H,11H2,1-3H3,(H,25,27)(H,24,26,28)/t13-/m1/s1. The lowest BCUT2D eigenvalue weighted by atomic mass is 10.1. The number of methoxy groups -OCH3 is 2. The first-order chi connectivity index (χ1) is 14.4. The molecule has 0 radical (unpaired) electrons. The van der Waals surface area contributed by atoms with Gasteiger partial charge in [-0.1, -0.05) is 17.7 Å². The van der Waals surface area contributed by atoms with Crippen LogP contribution in [-0.4, -0.2) is 30.1 Å². The van der Waals surface area contributed by atoms with Gasteiger partial charge in [-0.05, 0) is 48.9 Å². The van der Waals surface area contributed by atoms with Crippen molar-refractivity contribution in [3.8, 4) is 22.9 Å². The molecular formula is C22H22ClN3O4. The van der Waals surface area contributed by atoms with Crippen LogP contribution in [0.5, 0.6) is 11.5 Å². The Balaban J connectivity index is 1.68. The second-order valence-electron chi connectivity index (χ2n) is 6.67. The van der Waals surface area contributed by atoms with Crippen LogP contribution in [-0.2, 0) is 11.2 Å². The van der Waals surface area contributed by atoms with Gasteiger partial charge in [0.15, 0.2) is 11.5 Å². The maximum Gasteiger partial charge on any atom is 0.254 e. The molecule has 1 amide bonds. The first-order valence-corrected chi connectivity index (χ1v) is 9.64. The van der Waals surface area contributed by atoms with Gasteiger partial charge in [-0.25, -0.2) is 4.98 Å². The molecule has 7 nitrogen and oxygen atoms in total. The summed E-state index contributed by atoms with van der Waals surface area (Å²) in [5.41, 5.74) is 1.51. The molecule has 0 bridgehead atoms. The fraction of sp³-hybridized carbons (Fsp3) is 0.227. The molecule has 0 unspecified atom stereocenters. The first-order valence-electron chi connectivity index (χ1n) is 9.26. The van der Waals surface area contributed by atoms with Gasteiger partial charge in [-0.2, -0.15) is 0 Å². The van der Waals surface area contributed by atoms with Crippen molar-refractivity contribution in [1.29, 1.82) is 0 Å². The van der Waals surface area contributed by atoms with Gasteiger partial charge in [0.25, 0.3) is 5.56 Å². The van der Waals surface area contributed by atoms with Gasteiger partial charge < -0.3 is 19.8 Å². The number of nitrogens with zero attached hydrogens (tertiary/aromatic N) is 1. The molecule has 1 heterocycles. The van der Waals surface area contributed by atoms with Crippen molar-refractivity contribution < 1.29 is 14.3 Å². The van der Waals surface area contributed by atoms with Crippen LogP contribution in [0, 0.1) is 0 Å². The van der Waals surface area contributed by atoms with E-state index < -0.39 is 0 Å². The molecule has 0 fully saturated rings. The lowest BCUT2D eigenvalue weighted by molar-refractivity contribution is -0.121. The Morgan fingerprint density at radius 2 is 1.83 bits per heavy atom. The molecular weight excluding hydrogens is 406 g/mol. The Morgan fingerprint density at radius 1 is 1.13 bits per heavy atom. The van der Waals surface area contributed by atoms with Crippen LogP contribution in [0.2, 0.25) is 5.02 Å². The number of aromatic amines is 1. The normalized spacial score (nSPS) is 11.6. The molecule has 2 N–H and O–H groups in total. The Morgan fingerprint density at radius 3 is 2.47 bits per heavy atom. The highest BCUT2D eigenvalue weighted by Crippen LogP contribution is 2.29. The minimum absolute atomic E-state index is 0.0825. The average molecular weight is 428 g/mol. The highest BCUT2D eigenvalue weighted by atomic mass is 35.5. The lowest BCUT2D eigenvalue weighted by Gasteiger charge is -2.16. The summed E-state index contributed by atoms with van der Waals surface area (Å²) in [7, 11) is 3.12. The third-order valence-corrected chi connectivity index (χ3v) is 4.88. The van der Waals surface area contributed by atoms with E-state index in [4.69, 9.17) is 21.1 Å². The number of H-pyrrole nitrogens is 1. The van der Waals surface area contributed by atoms with E-state index in [1.165, 1.54) is 6.20 Å². The van der Waals surface area contributed by atoms with Crippen LogP contribution < -0.4 is 20.3 Å². The van der Waals surface area contributed by atoms with E-state index in [1.807, 2.05) is 13.0 Å². The van der Waals surface area contributed by atoms with Crippen molar-refractivity contribution in [2.45, 2.75) is 19.4 Å². The fourth-order valence-electron chi connectivity index (χ4n) is 2.97. The van der Waals surface area contributed by atoms with E-state index in [2.05, 4.69) is 15.3 Å². The van der Waals surface area contributed by atoms with E-state index in [0.717, 1.165) is 11.1 Å². The molecule has 0 saturated carbocycles. The third kappa shape index (κ3) is 4.99. The monoisotopic (exact) mass is 427 g/mol. The van der Waals surface area contributed by atoms with Crippen LogP contribution in [0.1, 0.15) is 24.1 Å². The van der Waals surface area contributed by atoms with Crippen LogP contribution >= 0.6 is 11.6 Å². The largest absolute Gasteiger partial charge is 0.493 e. The minimum Gasteiger partial charge on any atom is -0.493 e. The molecule has 0 spiro atoms. The van der Waals surface area contributed by atoms with Crippen LogP contribution in [0.4, 0.5) is 0 Å². The van der Waals surface area contributed by atoms with Crippen molar-refractivity contribution in [2.24, 2.45) is 0 Å². The lowest BCUT2D eigenvalue weighted by Crippen LogP contribution is -2.30. The smallest absolute Gasteiger partial charge is 0.254 e. The first kappa shape index (κ1) is 21.4. The molecule has 3 aromatic rings. The van der Waals surface area contributed by atoms with Crippen LogP contribution in [0.15, 0.2) is 53.5 Å². The zero-order chi connectivity index (χ0) is 21.7. The van der Waals surface area contributed by atoms with Crippen molar-refractivity contribution >= 4 is 17.5 Å². The number of aromatic nitrogens is 2. The number of ether oxygens (including phenoxy) is 2. The summed E-state index contributed by atoms with van der Waals surface area (Å²) in [6.07, 6.45) is 1.34. The van der Waals surface area contributed by atoms with Gasteiger partial charge in [0, 0.05) is 22.3 Å². The number of carbonyl (C=O) groups excluding carboxylic acids is 1. The number of amides is 1. The van der Waals surface area contributed by atoms with Gasteiger partial charge in [0.05, 0.1) is 26.7 Å². The molecule has 8 heteroatoms. The number of rotatable bonds is 7. The van der Waals surface area contributed by atoms with Crippen molar-refractivity contribution in [1.82, 2.24) is 15.3 Å². The molecule has 0 saturated heterocycles. The number of nitrogens with one attached hydrogen (secondary N) is 2. The van der Waals surface area contributed by atoms with Gasteiger partial charge in [-0.3, -0.25) is 9.59 Å². The predicted octanol–water partition coefficient (Wildman–Crippen LogP) is 3.53. The highest BCUT2D eigenvalue weighted by molar-refractivity contribution is 6.30. The predicted molar refractivity (Wildman–Crippen MR) is 115 cm³/mol. The van der Waals surface area contributed by atoms with E-state index in [1.54, 1.807) is 50.6 Å². The number of carbonyl (C=O) groups is 1. The minimum atomic E-state index is -0.358. The summed E-state index contributed by atoms with van der Waals surface area (Å²) in [6.45, 7) is 1.85. The van der Waals surface area contributed by atoms with Crippen molar-refractivity contribution in [3.63, 3.8) is 0 Å². The summed E-state index contributed by atoms with van der Waals surface area (Å²) in [6, 6.07) is 12.1. The Kier molecular flexibility index (Phi) is 6.74. The molecule has 0 aliphatic heterocycles. The molecule has 3 rings (SSSR count). The topological polar surface area (TPSA) is 93.3 Å². The average Bonchev–Trinajstić information content (AvgIpc) is 2.75. The Bertz CT molecular complexity index is 1100. The zero-order valence-electron chi connectivity index (χ0n) is 16.9. The van der Waals surface area contributed by atoms with Crippen molar-refractivity contribution in [3.05, 3.63) is 75.2 Å². The molecule has 1 atom stereocenters. The summed E-state index contributed by atoms with van der Waals surface area (Å²) < 4.78 is 10.5. The zero-order valence-corrected chi connectivity index (χ0v) is 17.6. The molecule has 1 aromatic heterocycles. The molecule has 0 aliphatic carbocycles. The van der Waals surface area contributed by atoms with Crippen molar-refractivity contribution in [2.75, 3.05) is 14.2 Å². The second kappa shape index (κ2) is 9.45. The molecule has 156 valence electrons. The quantitative estimate of drug-likeness (QED) is 0.601. The highest BCUT2D eigenvalue weighted by Gasteiger charge is 2.15. The van der Waals surface area contributed by atoms with Gasteiger partial charge >= 0.3 is 0 Å². The summed E-state index contributed by atoms with van der Waals surface area (Å²) in [5.74, 6) is 1.32. The van der Waals surface area contributed by atoms with E-state index in [9.17, 15) is 9.59 Å². The van der Waals surface area contributed by atoms with E-state index in [0.29, 0.717) is 22.3 Å². The van der Waals surface area contributed by atoms with Gasteiger partial charge in [0.1, 0.15) is 5.82 Å². The second-order valence-corrected chi connectivity index (χ2v) is 7.11. The maximum absolute atomic E-state index is 12.5.